The zero-order valence-electron chi connectivity index (χ0n) is 5.94. The molecule has 0 saturated carbocycles. The molecule has 3 N–H and O–H groups in total. The lowest BCUT2D eigenvalue weighted by Crippen LogP contribution is -2.10. The van der Waals surface area contributed by atoms with Crippen molar-refractivity contribution < 1.29 is 5.11 Å². The van der Waals surface area contributed by atoms with Crippen molar-refractivity contribution in [2.24, 2.45) is 10.9 Å². The fourth-order valence-electron chi connectivity index (χ4n) is 0.721. The van der Waals surface area contributed by atoms with Crippen LogP contribution in [0.3, 0.4) is 0 Å². The number of hydrazone groups is 1. The van der Waals surface area contributed by atoms with Gasteiger partial charge in [0, 0.05) is 6.20 Å². The molecule has 1 rings (SSSR count). The Kier molecular flexibility index (Phi) is 2.57. The summed E-state index contributed by atoms with van der Waals surface area (Å²) < 4.78 is 0. The second kappa shape index (κ2) is 3.68. The standard InChI is InChI=1S/C7H9N3O/c8-10-7(5-11)6-3-1-2-4-9-6/h1-4,11H,5,8H2/b10-7-. The van der Waals surface area contributed by atoms with Gasteiger partial charge in [-0.05, 0) is 12.1 Å². The molecule has 0 atom stereocenters. The first-order valence-electron chi connectivity index (χ1n) is 3.17. The number of pyridine rings is 1. The SMILES string of the molecule is N/N=C(/CO)c1ccccn1. The van der Waals surface area contributed by atoms with E-state index in [1.807, 2.05) is 6.07 Å². The van der Waals surface area contributed by atoms with E-state index < -0.39 is 0 Å². The average Bonchev–Trinajstić information content (AvgIpc) is 2.09. The lowest BCUT2D eigenvalue weighted by atomic mass is 10.2. The summed E-state index contributed by atoms with van der Waals surface area (Å²) in [4.78, 5) is 3.95. The van der Waals surface area contributed by atoms with Crippen LogP contribution in [-0.2, 0) is 0 Å². The predicted molar refractivity (Wildman–Crippen MR) is 42.0 cm³/mol. The first kappa shape index (κ1) is 7.68. The minimum absolute atomic E-state index is 0.187. The van der Waals surface area contributed by atoms with Crippen LogP contribution < -0.4 is 5.84 Å². The molecule has 0 spiro atoms. The van der Waals surface area contributed by atoms with Gasteiger partial charge in [0.1, 0.15) is 5.71 Å². The van der Waals surface area contributed by atoms with E-state index in [1.54, 1.807) is 18.3 Å². The third kappa shape index (κ3) is 1.75. The van der Waals surface area contributed by atoms with E-state index in [2.05, 4.69) is 10.1 Å². The molecule has 0 bridgehead atoms. The van der Waals surface area contributed by atoms with Crippen molar-refractivity contribution in [2.45, 2.75) is 0 Å². The van der Waals surface area contributed by atoms with Gasteiger partial charge in [0.2, 0.25) is 0 Å². The maximum atomic E-state index is 8.73. The van der Waals surface area contributed by atoms with Gasteiger partial charge in [-0.3, -0.25) is 4.98 Å². The molecule has 1 aromatic rings. The van der Waals surface area contributed by atoms with Crippen molar-refractivity contribution in [3.05, 3.63) is 30.1 Å². The zero-order valence-corrected chi connectivity index (χ0v) is 5.94. The molecule has 58 valence electrons. The maximum Gasteiger partial charge on any atom is 0.111 e. The molecule has 0 saturated heterocycles. The molecule has 0 aliphatic carbocycles. The normalized spacial score (nSPS) is 11.5. The van der Waals surface area contributed by atoms with Crippen LogP contribution in [0.2, 0.25) is 0 Å². The number of hydrogen-bond donors (Lipinski definition) is 2. The minimum Gasteiger partial charge on any atom is -0.390 e. The van der Waals surface area contributed by atoms with Gasteiger partial charge in [0.25, 0.3) is 0 Å². The fourth-order valence-corrected chi connectivity index (χ4v) is 0.721. The Labute approximate surface area is 64.4 Å². The van der Waals surface area contributed by atoms with Crippen molar-refractivity contribution in [2.75, 3.05) is 6.61 Å². The molecule has 11 heavy (non-hydrogen) atoms. The van der Waals surface area contributed by atoms with E-state index in [4.69, 9.17) is 10.9 Å². The average molecular weight is 151 g/mol. The van der Waals surface area contributed by atoms with Crippen LogP contribution in [0.1, 0.15) is 5.69 Å². The maximum absolute atomic E-state index is 8.73. The minimum atomic E-state index is -0.187. The number of aromatic nitrogens is 1. The summed E-state index contributed by atoms with van der Waals surface area (Å²) in [7, 11) is 0. The smallest absolute Gasteiger partial charge is 0.111 e. The zero-order chi connectivity index (χ0) is 8.10. The van der Waals surface area contributed by atoms with Crippen molar-refractivity contribution in [3.63, 3.8) is 0 Å². The summed E-state index contributed by atoms with van der Waals surface area (Å²) in [5, 5.41) is 12.1. The molecule has 0 radical (unpaired) electrons. The van der Waals surface area contributed by atoms with Crippen molar-refractivity contribution >= 4 is 5.71 Å². The van der Waals surface area contributed by atoms with Crippen LogP contribution in [-0.4, -0.2) is 22.4 Å². The summed E-state index contributed by atoms with van der Waals surface area (Å²) in [5.41, 5.74) is 1.00. The molecular weight excluding hydrogens is 142 g/mol. The number of hydrogen-bond acceptors (Lipinski definition) is 4. The van der Waals surface area contributed by atoms with Gasteiger partial charge in [-0.25, -0.2) is 0 Å². The monoisotopic (exact) mass is 151 g/mol. The predicted octanol–water partition coefficient (Wildman–Crippen LogP) is -0.263. The van der Waals surface area contributed by atoms with Crippen LogP contribution in [0.15, 0.2) is 29.5 Å². The molecule has 1 heterocycles. The first-order valence-corrected chi connectivity index (χ1v) is 3.17. The van der Waals surface area contributed by atoms with E-state index >= 15 is 0 Å². The highest BCUT2D eigenvalue weighted by molar-refractivity contribution is 5.99. The van der Waals surface area contributed by atoms with Crippen LogP contribution in [0.25, 0.3) is 0 Å². The molecular formula is C7H9N3O. The number of nitrogens with two attached hydrogens (primary N) is 1. The van der Waals surface area contributed by atoms with Crippen LogP contribution in [0, 0.1) is 0 Å². The van der Waals surface area contributed by atoms with Crippen LogP contribution in [0.4, 0.5) is 0 Å². The summed E-state index contributed by atoms with van der Waals surface area (Å²) in [6.45, 7) is -0.187. The van der Waals surface area contributed by atoms with E-state index in [1.165, 1.54) is 0 Å². The lowest BCUT2D eigenvalue weighted by Gasteiger charge is -1.97. The summed E-state index contributed by atoms with van der Waals surface area (Å²) in [6, 6.07) is 5.33. The fraction of sp³-hybridized carbons (Fsp3) is 0.143. The van der Waals surface area contributed by atoms with Crippen molar-refractivity contribution in [1.29, 1.82) is 0 Å². The number of rotatable bonds is 2. The number of aliphatic hydroxyl groups excluding tert-OH is 1. The summed E-state index contributed by atoms with van der Waals surface area (Å²) >= 11 is 0. The second-order valence-corrected chi connectivity index (χ2v) is 1.95. The Morgan fingerprint density at radius 3 is 2.91 bits per heavy atom. The molecule has 0 unspecified atom stereocenters. The number of nitrogens with zero attached hydrogens (tertiary/aromatic N) is 2. The molecule has 4 nitrogen and oxygen atoms in total. The van der Waals surface area contributed by atoms with Gasteiger partial charge in [-0.1, -0.05) is 6.07 Å². The second-order valence-electron chi connectivity index (χ2n) is 1.95. The summed E-state index contributed by atoms with van der Waals surface area (Å²) in [6.07, 6.45) is 1.62. The highest BCUT2D eigenvalue weighted by Gasteiger charge is 2.00. The highest BCUT2D eigenvalue weighted by atomic mass is 16.3. The molecule has 0 amide bonds. The highest BCUT2D eigenvalue weighted by Crippen LogP contribution is 1.94. The van der Waals surface area contributed by atoms with E-state index in [0.29, 0.717) is 11.4 Å². The molecule has 0 aliphatic rings. The Bertz CT molecular complexity index is 245. The number of aliphatic hydroxyl groups is 1. The Hall–Kier alpha value is -1.42. The lowest BCUT2D eigenvalue weighted by molar-refractivity contribution is 0.357. The first-order chi connectivity index (χ1) is 5.38. The Balaban J connectivity index is 2.92. The summed E-state index contributed by atoms with van der Waals surface area (Å²) in [5.74, 6) is 5.00. The Morgan fingerprint density at radius 2 is 2.45 bits per heavy atom. The third-order valence-electron chi connectivity index (χ3n) is 1.27. The molecule has 0 aliphatic heterocycles. The molecule has 0 aromatic carbocycles. The third-order valence-corrected chi connectivity index (χ3v) is 1.27. The van der Waals surface area contributed by atoms with E-state index in [9.17, 15) is 0 Å². The van der Waals surface area contributed by atoms with E-state index in [0.717, 1.165) is 0 Å². The van der Waals surface area contributed by atoms with Gasteiger partial charge in [-0.2, -0.15) is 5.10 Å². The van der Waals surface area contributed by atoms with Crippen LogP contribution >= 0.6 is 0 Å². The van der Waals surface area contributed by atoms with Gasteiger partial charge in [0.15, 0.2) is 0 Å². The molecule has 4 heteroatoms. The topological polar surface area (TPSA) is 71.5 Å². The van der Waals surface area contributed by atoms with Gasteiger partial charge in [0.05, 0.1) is 12.3 Å². The molecule has 1 aromatic heterocycles. The quantitative estimate of drug-likeness (QED) is 0.347. The van der Waals surface area contributed by atoms with Crippen molar-refractivity contribution in [3.8, 4) is 0 Å². The van der Waals surface area contributed by atoms with Gasteiger partial charge < -0.3 is 10.9 Å². The van der Waals surface area contributed by atoms with Crippen molar-refractivity contribution in [1.82, 2.24) is 4.98 Å². The largest absolute Gasteiger partial charge is 0.390 e. The van der Waals surface area contributed by atoms with Gasteiger partial charge >= 0.3 is 0 Å². The Morgan fingerprint density at radius 1 is 1.64 bits per heavy atom. The molecule has 0 fully saturated rings. The van der Waals surface area contributed by atoms with E-state index in [-0.39, 0.29) is 6.61 Å². The van der Waals surface area contributed by atoms with Gasteiger partial charge in [-0.15, -0.1) is 0 Å². The van der Waals surface area contributed by atoms with Crippen LogP contribution in [0.5, 0.6) is 0 Å².